The van der Waals surface area contributed by atoms with Crippen LogP contribution >= 0.6 is 11.3 Å². The Morgan fingerprint density at radius 3 is 3.00 bits per heavy atom. The fraction of sp³-hybridized carbons (Fsp3) is 0.167. The largest absolute Gasteiger partial charge is 0.465 e. The highest BCUT2D eigenvalue weighted by molar-refractivity contribution is 7.22. The van der Waals surface area contributed by atoms with Gasteiger partial charge in [0.25, 0.3) is 5.56 Å². The number of carbonyl (C=O) groups is 1. The lowest BCUT2D eigenvalue weighted by Gasteiger charge is -1.99. The molecule has 0 fully saturated rings. The van der Waals surface area contributed by atoms with Gasteiger partial charge in [-0.15, -0.1) is 11.3 Å². The van der Waals surface area contributed by atoms with Gasteiger partial charge in [-0.1, -0.05) is 0 Å². The van der Waals surface area contributed by atoms with Gasteiger partial charge in [0.1, 0.15) is 10.5 Å². The van der Waals surface area contributed by atoms with Crippen LogP contribution in [-0.2, 0) is 6.54 Å². The Labute approximate surface area is 121 Å². The zero-order valence-electron chi connectivity index (χ0n) is 10.9. The van der Waals surface area contributed by atoms with E-state index in [0.717, 1.165) is 16.1 Å². The number of hydrogen-bond acceptors (Lipinski definition) is 5. The second-order valence-corrected chi connectivity index (χ2v) is 5.46. The summed E-state index contributed by atoms with van der Waals surface area (Å²) in [6.07, 6.45) is 0.527. The summed E-state index contributed by atoms with van der Waals surface area (Å²) in [6.45, 7) is 1.85. The van der Waals surface area contributed by atoms with Crippen molar-refractivity contribution in [3.8, 4) is 10.4 Å². The quantitative estimate of drug-likeness (QED) is 0.583. The standard InChI is InChI=1S/C12H11N5O3S/c1-5-6(3-14-17-5)8-2-7-10(21-8)11(18)16-9(15-7)4-13-12(19)20/h2-3,13H,4H2,1H3,(H,14,17)(H,19,20)(H,15,16,18). The highest BCUT2D eigenvalue weighted by Gasteiger charge is 2.12. The van der Waals surface area contributed by atoms with Gasteiger partial charge in [-0.25, -0.2) is 9.78 Å². The minimum atomic E-state index is -1.17. The first kappa shape index (κ1) is 13.3. The summed E-state index contributed by atoms with van der Waals surface area (Å²) in [7, 11) is 0. The Morgan fingerprint density at radius 2 is 2.33 bits per heavy atom. The SMILES string of the molecule is Cc1[nH]ncc1-c1cc2nc(CNC(=O)O)[nH]c(=O)c2s1. The Hall–Kier alpha value is -2.68. The normalized spacial score (nSPS) is 10.9. The third-order valence-electron chi connectivity index (χ3n) is 2.93. The first-order valence-corrected chi connectivity index (χ1v) is 6.86. The molecule has 0 aromatic carbocycles. The third-order valence-corrected chi connectivity index (χ3v) is 4.09. The Kier molecular flexibility index (Phi) is 3.18. The minimum absolute atomic E-state index is 0.0452. The van der Waals surface area contributed by atoms with Crippen molar-refractivity contribution in [3.63, 3.8) is 0 Å². The van der Waals surface area contributed by atoms with E-state index in [2.05, 4.69) is 25.5 Å². The number of nitrogens with zero attached hydrogens (tertiary/aromatic N) is 2. The molecule has 0 saturated carbocycles. The topological polar surface area (TPSA) is 124 Å². The molecule has 0 aliphatic carbocycles. The summed E-state index contributed by atoms with van der Waals surface area (Å²) in [5.41, 5.74) is 2.09. The van der Waals surface area contributed by atoms with Crippen molar-refractivity contribution >= 4 is 27.6 Å². The highest BCUT2D eigenvalue weighted by atomic mass is 32.1. The van der Waals surface area contributed by atoms with E-state index >= 15 is 0 Å². The van der Waals surface area contributed by atoms with Gasteiger partial charge < -0.3 is 15.4 Å². The smallest absolute Gasteiger partial charge is 0.405 e. The van der Waals surface area contributed by atoms with Crippen molar-refractivity contribution in [1.29, 1.82) is 0 Å². The molecule has 8 nitrogen and oxygen atoms in total. The van der Waals surface area contributed by atoms with E-state index in [1.165, 1.54) is 11.3 Å². The molecule has 0 bridgehead atoms. The van der Waals surface area contributed by atoms with E-state index in [1.807, 2.05) is 6.92 Å². The molecular formula is C12H11N5O3S. The molecule has 3 aromatic rings. The fourth-order valence-corrected chi connectivity index (χ4v) is 3.02. The Bertz CT molecular complexity index is 879. The predicted molar refractivity (Wildman–Crippen MR) is 77.4 cm³/mol. The third kappa shape index (κ3) is 2.50. The van der Waals surface area contributed by atoms with Gasteiger partial charge in [-0.3, -0.25) is 9.89 Å². The number of rotatable bonds is 3. The summed E-state index contributed by atoms with van der Waals surface area (Å²) in [4.78, 5) is 30.2. The molecule has 0 aliphatic rings. The number of H-pyrrole nitrogens is 2. The maximum atomic E-state index is 12.0. The zero-order chi connectivity index (χ0) is 15.0. The van der Waals surface area contributed by atoms with E-state index in [1.54, 1.807) is 12.3 Å². The number of carboxylic acid groups (broad SMARTS) is 1. The van der Waals surface area contributed by atoms with Crippen molar-refractivity contribution in [2.45, 2.75) is 13.5 Å². The summed E-state index contributed by atoms with van der Waals surface area (Å²) < 4.78 is 0.504. The molecule has 108 valence electrons. The molecule has 0 saturated heterocycles. The van der Waals surface area contributed by atoms with E-state index in [-0.39, 0.29) is 17.9 Å². The Morgan fingerprint density at radius 1 is 1.52 bits per heavy atom. The average Bonchev–Trinajstić information content (AvgIpc) is 3.02. The first-order valence-electron chi connectivity index (χ1n) is 6.04. The number of aryl methyl sites for hydroxylation is 1. The van der Waals surface area contributed by atoms with Crippen LogP contribution in [0.4, 0.5) is 4.79 Å². The number of amides is 1. The van der Waals surface area contributed by atoms with E-state index in [0.29, 0.717) is 10.2 Å². The van der Waals surface area contributed by atoms with Crippen LogP contribution in [0.15, 0.2) is 17.1 Å². The maximum Gasteiger partial charge on any atom is 0.405 e. The molecule has 9 heteroatoms. The molecule has 1 amide bonds. The predicted octanol–water partition coefficient (Wildman–Crippen LogP) is 1.45. The molecule has 3 heterocycles. The zero-order valence-corrected chi connectivity index (χ0v) is 11.7. The van der Waals surface area contributed by atoms with Gasteiger partial charge in [0.2, 0.25) is 0 Å². The highest BCUT2D eigenvalue weighted by Crippen LogP contribution is 2.31. The van der Waals surface area contributed by atoms with Gasteiger partial charge >= 0.3 is 6.09 Å². The van der Waals surface area contributed by atoms with Crippen molar-refractivity contribution in [2.24, 2.45) is 0 Å². The summed E-state index contributed by atoms with van der Waals surface area (Å²) >= 11 is 1.33. The van der Waals surface area contributed by atoms with Crippen molar-refractivity contribution in [3.05, 3.63) is 34.1 Å². The summed E-state index contributed by atoms with van der Waals surface area (Å²) in [6, 6.07) is 1.80. The Balaban J connectivity index is 2.05. The van der Waals surface area contributed by atoms with Gasteiger partial charge in [-0.05, 0) is 13.0 Å². The molecular weight excluding hydrogens is 294 g/mol. The van der Waals surface area contributed by atoms with E-state index in [4.69, 9.17) is 5.11 Å². The second kappa shape index (κ2) is 5.02. The van der Waals surface area contributed by atoms with Crippen LogP contribution in [0.3, 0.4) is 0 Å². The molecule has 0 aliphatic heterocycles. The van der Waals surface area contributed by atoms with Crippen LogP contribution in [0.2, 0.25) is 0 Å². The number of hydrogen-bond donors (Lipinski definition) is 4. The number of aromatic nitrogens is 4. The first-order chi connectivity index (χ1) is 10.0. The van der Waals surface area contributed by atoms with E-state index < -0.39 is 6.09 Å². The van der Waals surface area contributed by atoms with Gasteiger partial charge in [-0.2, -0.15) is 5.10 Å². The molecule has 0 spiro atoms. The molecule has 3 rings (SSSR count). The van der Waals surface area contributed by atoms with Crippen LogP contribution in [0.5, 0.6) is 0 Å². The number of fused-ring (bicyclic) bond motifs is 1. The minimum Gasteiger partial charge on any atom is -0.465 e. The molecule has 0 atom stereocenters. The lowest BCUT2D eigenvalue weighted by Crippen LogP contribution is -2.23. The number of aromatic amines is 2. The second-order valence-electron chi connectivity index (χ2n) is 4.41. The van der Waals surface area contributed by atoms with Gasteiger partial charge in [0.15, 0.2) is 0 Å². The van der Waals surface area contributed by atoms with Gasteiger partial charge in [0.05, 0.1) is 18.3 Å². The monoisotopic (exact) mass is 305 g/mol. The van der Waals surface area contributed by atoms with Crippen LogP contribution < -0.4 is 10.9 Å². The van der Waals surface area contributed by atoms with Crippen LogP contribution in [-0.4, -0.2) is 31.4 Å². The van der Waals surface area contributed by atoms with Crippen LogP contribution in [0, 0.1) is 6.92 Å². The van der Waals surface area contributed by atoms with E-state index in [9.17, 15) is 9.59 Å². The van der Waals surface area contributed by atoms with Crippen molar-refractivity contribution in [1.82, 2.24) is 25.5 Å². The summed E-state index contributed by atoms with van der Waals surface area (Å²) in [5.74, 6) is 0.281. The lowest BCUT2D eigenvalue weighted by molar-refractivity contribution is 0.193. The molecule has 0 unspecified atom stereocenters. The molecule has 4 N–H and O–H groups in total. The molecule has 3 aromatic heterocycles. The van der Waals surface area contributed by atoms with Crippen LogP contribution in [0.25, 0.3) is 20.7 Å². The van der Waals surface area contributed by atoms with Crippen molar-refractivity contribution in [2.75, 3.05) is 0 Å². The number of thiophene rings is 1. The van der Waals surface area contributed by atoms with Crippen LogP contribution in [0.1, 0.15) is 11.5 Å². The number of nitrogens with one attached hydrogen (secondary N) is 3. The fourth-order valence-electron chi connectivity index (χ4n) is 1.96. The summed E-state index contributed by atoms with van der Waals surface area (Å²) in [5, 5.41) is 17.5. The van der Waals surface area contributed by atoms with Gasteiger partial charge in [0, 0.05) is 16.1 Å². The lowest BCUT2D eigenvalue weighted by atomic mass is 10.2. The molecule has 21 heavy (non-hydrogen) atoms. The average molecular weight is 305 g/mol. The molecule has 0 radical (unpaired) electrons. The maximum absolute atomic E-state index is 12.0. The van der Waals surface area contributed by atoms with Crippen molar-refractivity contribution < 1.29 is 9.90 Å².